The summed E-state index contributed by atoms with van der Waals surface area (Å²) in [5.41, 5.74) is 0. The van der Waals surface area contributed by atoms with Gasteiger partial charge in [-0.2, -0.15) is 0 Å². The maximum atomic E-state index is 12.8. The molecule has 18 heavy (non-hydrogen) atoms. The lowest BCUT2D eigenvalue weighted by Gasteiger charge is -2.05. The monoisotopic (exact) mass is 266 g/mol. The summed E-state index contributed by atoms with van der Waals surface area (Å²) in [6, 6.07) is 8.52. The van der Waals surface area contributed by atoms with Crippen LogP contribution in [-0.2, 0) is 0 Å². The lowest BCUT2D eigenvalue weighted by Crippen LogP contribution is -2.17. The van der Waals surface area contributed by atoms with Crippen molar-refractivity contribution in [1.82, 2.24) is 4.98 Å². The molecule has 6 heteroatoms. The van der Waals surface area contributed by atoms with Crippen LogP contribution in [0.5, 0.6) is 5.75 Å². The zero-order valence-electron chi connectivity index (χ0n) is 9.06. The van der Waals surface area contributed by atoms with Crippen LogP contribution in [0.1, 0.15) is 0 Å². The van der Waals surface area contributed by atoms with Gasteiger partial charge >= 0.3 is 6.09 Å². The number of carbonyl (C=O) groups is 1. The Kier molecular flexibility index (Phi) is 3.74. The van der Waals surface area contributed by atoms with E-state index in [0.29, 0.717) is 10.8 Å². The summed E-state index contributed by atoms with van der Waals surface area (Å²) < 4.78 is 17.8. The van der Waals surface area contributed by atoms with E-state index in [-0.39, 0.29) is 5.82 Å². The summed E-state index contributed by atoms with van der Waals surface area (Å²) in [6.45, 7) is 0. The number of nitrogens with one attached hydrogen (secondary N) is 1. The van der Waals surface area contributed by atoms with E-state index < -0.39 is 11.9 Å². The first-order valence-electron chi connectivity index (χ1n) is 4.99. The standard InChI is InChI=1S/C12H8ClFN2O2/c13-8-1-3-10(4-2-8)18-12(17)16-11-7-9(14)5-6-15-11/h1-7H,(H,15,16,17). The maximum absolute atomic E-state index is 12.8. The third-order valence-corrected chi connectivity index (χ3v) is 2.23. The van der Waals surface area contributed by atoms with Crippen molar-refractivity contribution < 1.29 is 13.9 Å². The van der Waals surface area contributed by atoms with Gasteiger partial charge in [-0.1, -0.05) is 11.6 Å². The number of nitrogens with zero attached hydrogens (tertiary/aromatic N) is 1. The average molecular weight is 267 g/mol. The number of aromatic nitrogens is 1. The van der Waals surface area contributed by atoms with Gasteiger partial charge in [0.2, 0.25) is 0 Å². The molecule has 0 unspecified atom stereocenters. The number of halogens is 2. The predicted molar refractivity (Wildman–Crippen MR) is 65.3 cm³/mol. The van der Waals surface area contributed by atoms with Gasteiger partial charge in [0.05, 0.1) is 0 Å². The fourth-order valence-electron chi connectivity index (χ4n) is 1.21. The fourth-order valence-corrected chi connectivity index (χ4v) is 1.34. The third kappa shape index (κ3) is 3.43. The molecule has 4 nitrogen and oxygen atoms in total. The van der Waals surface area contributed by atoms with Gasteiger partial charge in [-0.25, -0.2) is 14.2 Å². The second-order valence-corrected chi connectivity index (χ2v) is 3.76. The van der Waals surface area contributed by atoms with Gasteiger partial charge in [-0.3, -0.25) is 5.32 Å². The molecule has 1 aromatic heterocycles. The first kappa shape index (κ1) is 12.3. The molecule has 0 saturated carbocycles. The molecule has 1 N–H and O–H groups in total. The van der Waals surface area contributed by atoms with Crippen molar-refractivity contribution in [1.29, 1.82) is 0 Å². The summed E-state index contributed by atoms with van der Waals surface area (Å²) in [6.07, 6.45) is 0.489. The number of pyridine rings is 1. The van der Waals surface area contributed by atoms with E-state index in [2.05, 4.69) is 10.3 Å². The lowest BCUT2D eigenvalue weighted by atomic mass is 10.3. The summed E-state index contributed by atoms with van der Waals surface area (Å²) in [5.74, 6) is -0.0888. The summed E-state index contributed by atoms with van der Waals surface area (Å²) in [4.78, 5) is 15.2. The minimum Gasteiger partial charge on any atom is -0.410 e. The predicted octanol–water partition coefficient (Wildman–Crippen LogP) is 3.49. The lowest BCUT2D eigenvalue weighted by molar-refractivity contribution is 0.215. The van der Waals surface area contributed by atoms with E-state index in [0.717, 1.165) is 6.07 Å². The van der Waals surface area contributed by atoms with Gasteiger partial charge in [-0.15, -0.1) is 0 Å². The van der Waals surface area contributed by atoms with Gasteiger partial charge < -0.3 is 4.74 Å². The minimum absolute atomic E-state index is 0.0777. The zero-order valence-corrected chi connectivity index (χ0v) is 9.82. The van der Waals surface area contributed by atoms with Crippen molar-refractivity contribution in [2.45, 2.75) is 0 Å². The SMILES string of the molecule is O=C(Nc1cc(F)ccn1)Oc1ccc(Cl)cc1. The van der Waals surface area contributed by atoms with E-state index in [1.807, 2.05) is 0 Å². The van der Waals surface area contributed by atoms with Gasteiger partial charge in [0, 0.05) is 17.3 Å². The first-order chi connectivity index (χ1) is 8.63. The number of anilines is 1. The number of hydrogen-bond donors (Lipinski definition) is 1. The first-order valence-corrected chi connectivity index (χ1v) is 5.37. The van der Waals surface area contributed by atoms with E-state index in [1.54, 1.807) is 24.3 Å². The smallest absolute Gasteiger partial charge is 0.410 e. The maximum Gasteiger partial charge on any atom is 0.418 e. The molecule has 0 saturated heterocycles. The molecule has 0 radical (unpaired) electrons. The second-order valence-electron chi connectivity index (χ2n) is 3.33. The minimum atomic E-state index is -0.754. The van der Waals surface area contributed by atoms with Crippen LogP contribution in [0.2, 0.25) is 5.02 Å². The Balaban J connectivity index is 1.98. The van der Waals surface area contributed by atoms with Crippen molar-refractivity contribution in [3.63, 3.8) is 0 Å². The topological polar surface area (TPSA) is 51.2 Å². The number of carbonyl (C=O) groups excluding carboxylic acids is 1. The van der Waals surface area contributed by atoms with Crippen LogP contribution < -0.4 is 10.1 Å². The van der Waals surface area contributed by atoms with E-state index in [1.165, 1.54) is 12.3 Å². The number of amides is 1. The van der Waals surface area contributed by atoms with Crippen LogP contribution in [0.4, 0.5) is 15.0 Å². The number of hydrogen-bond acceptors (Lipinski definition) is 3. The summed E-state index contributed by atoms with van der Waals surface area (Å²) in [7, 11) is 0. The molecule has 0 aliphatic carbocycles. The van der Waals surface area contributed by atoms with Gasteiger partial charge in [-0.05, 0) is 30.3 Å². The Morgan fingerprint density at radius 2 is 2.00 bits per heavy atom. The summed E-state index contributed by atoms with van der Waals surface area (Å²) in [5, 5.41) is 2.84. The van der Waals surface area contributed by atoms with Gasteiger partial charge in [0.15, 0.2) is 0 Å². The zero-order chi connectivity index (χ0) is 13.0. The van der Waals surface area contributed by atoms with E-state index in [9.17, 15) is 9.18 Å². The molecular formula is C12H8ClFN2O2. The molecule has 1 aromatic carbocycles. The molecular weight excluding hydrogens is 259 g/mol. The molecule has 0 aliphatic rings. The highest BCUT2D eigenvalue weighted by Crippen LogP contribution is 2.16. The van der Waals surface area contributed by atoms with Crippen molar-refractivity contribution in [3.05, 3.63) is 53.4 Å². The molecule has 0 aliphatic heterocycles. The van der Waals surface area contributed by atoms with Crippen LogP contribution in [0.3, 0.4) is 0 Å². The summed E-state index contributed by atoms with van der Waals surface area (Å²) >= 11 is 5.69. The van der Waals surface area contributed by atoms with Crippen LogP contribution >= 0.6 is 11.6 Å². The molecule has 1 heterocycles. The Labute approximate surface area is 107 Å². The number of rotatable bonds is 2. The van der Waals surface area contributed by atoms with Crippen LogP contribution in [0.15, 0.2) is 42.6 Å². The normalized spacial score (nSPS) is 9.89. The van der Waals surface area contributed by atoms with Crippen molar-refractivity contribution >= 4 is 23.5 Å². The highest BCUT2D eigenvalue weighted by atomic mass is 35.5. The largest absolute Gasteiger partial charge is 0.418 e. The van der Waals surface area contributed by atoms with Crippen molar-refractivity contribution in [3.8, 4) is 5.75 Å². The molecule has 0 fully saturated rings. The Morgan fingerprint density at radius 3 is 2.67 bits per heavy atom. The third-order valence-electron chi connectivity index (χ3n) is 1.98. The average Bonchev–Trinajstić information content (AvgIpc) is 2.32. The van der Waals surface area contributed by atoms with E-state index >= 15 is 0 Å². The number of benzene rings is 1. The van der Waals surface area contributed by atoms with Crippen molar-refractivity contribution in [2.75, 3.05) is 5.32 Å². The van der Waals surface area contributed by atoms with Gasteiger partial charge in [0.25, 0.3) is 0 Å². The Morgan fingerprint density at radius 1 is 1.28 bits per heavy atom. The van der Waals surface area contributed by atoms with Crippen LogP contribution in [0, 0.1) is 5.82 Å². The highest BCUT2D eigenvalue weighted by molar-refractivity contribution is 6.30. The van der Waals surface area contributed by atoms with Crippen molar-refractivity contribution in [2.24, 2.45) is 0 Å². The molecule has 2 rings (SSSR count). The molecule has 2 aromatic rings. The van der Waals surface area contributed by atoms with Crippen LogP contribution in [-0.4, -0.2) is 11.1 Å². The second kappa shape index (κ2) is 5.46. The highest BCUT2D eigenvalue weighted by Gasteiger charge is 2.06. The molecule has 0 bridgehead atoms. The Hall–Kier alpha value is -2.14. The molecule has 1 amide bonds. The molecule has 92 valence electrons. The fraction of sp³-hybridized carbons (Fsp3) is 0. The Bertz CT molecular complexity index is 560. The van der Waals surface area contributed by atoms with Crippen LogP contribution in [0.25, 0.3) is 0 Å². The number of ether oxygens (including phenoxy) is 1. The molecule has 0 spiro atoms. The van der Waals surface area contributed by atoms with Gasteiger partial charge in [0.1, 0.15) is 17.4 Å². The molecule has 0 atom stereocenters. The van der Waals surface area contributed by atoms with E-state index in [4.69, 9.17) is 16.3 Å². The quantitative estimate of drug-likeness (QED) is 0.905.